The van der Waals surface area contributed by atoms with Crippen LogP contribution in [0.1, 0.15) is 5.56 Å². The van der Waals surface area contributed by atoms with Crippen molar-refractivity contribution in [1.29, 1.82) is 0 Å². The maximum Gasteiger partial charge on any atom is 0.137 e. The minimum atomic E-state index is -0.225. The minimum Gasteiger partial charge on any atom is -0.384 e. The van der Waals surface area contributed by atoms with Gasteiger partial charge in [0.25, 0.3) is 0 Å². The first kappa shape index (κ1) is 16.3. The molecule has 0 atom stereocenters. The van der Waals surface area contributed by atoms with E-state index in [-0.39, 0.29) is 11.2 Å². The molecule has 1 aliphatic heterocycles. The summed E-state index contributed by atoms with van der Waals surface area (Å²) in [5.74, 6) is -0.225. The van der Waals surface area contributed by atoms with Crippen molar-refractivity contribution in [1.82, 2.24) is 19.7 Å². The topological polar surface area (TPSA) is 67.8 Å². The number of aryl methyl sites for hydroxylation is 1. The molecule has 5 rings (SSSR count). The van der Waals surface area contributed by atoms with Gasteiger partial charge in [0.05, 0.1) is 25.2 Å². The van der Waals surface area contributed by atoms with Gasteiger partial charge in [0, 0.05) is 34.0 Å². The van der Waals surface area contributed by atoms with Gasteiger partial charge in [-0.15, -0.1) is 0 Å². The number of H-pyrrole nitrogens is 1. The molecule has 0 amide bonds. The number of anilines is 1. The third-order valence-corrected chi connectivity index (χ3v) is 5.34. The Labute approximate surface area is 155 Å². The summed E-state index contributed by atoms with van der Waals surface area (Å²) in [6.07, 6.45) is 3.28. The summed E-state index contributed by atoms with van der Waals surface area (Å²) in [5.41, 5.74) is 4.16. The van der Waals surface area contributed by atoms with Crippen molar-refractivity contribution in [3.05, 3.63) is 54.4 Å². The van der Waals surface area contributed by atoms with Crippen LogP contribution in [0.5, 0.6) is 0 Å². The zero-order chi connectivity index (χ0) is 18.4. The molecule has 0 spiro atoms. The predicted octanol–water partition coefficient (Wildman–Crippen LogP) is 3.49. The molecule has 2 aromatic carbocycles. The second-order valence-electron chi connectivity index (χ2n) is 7.47. The molecule has 27 heavy (non-hydrogen) atoms. The number of rotatable bonds is 5. The van der Waals surface area contributed by atoms with Crippen LogP contribution in [0.2, 0.25) is 0 Å². The van der Waals surface area contributed by atoms with Crippen LogP contribution in [-0.4, -0.2) is 39.5 Å². The molecule has 1 aliphatic rings. The van der Waals surface area contributed by atoms with Crippen LogP contribution in [0.4, 0.5) is 10.1 Å². The van der Waals surface area contributed by atoms with E-state index in [0.29, 0.717) is 13.2 Å². The normalized spacial score (nSPS) is 15.9. The van der Waals surface area contributed by atoms with E-state index in [2.05, 4.69) is 39.4 Å². The van der Waals surface area contributed by atoms with E-state index in [4.69, 9.17) is 4.74 Å². The third-order valence-electron chi connectivity index (χ3n) is 5.34. The van der Waals surface area contributed by atoms with Gasteiger partial charge in [-0.3, -0.25) is 4.68 Å². The summed E-state index contributed by atoms with van der Waals surface area (Å²) in [4.78, 5) is 7.38. The fraction of sp³-hybridized carbons (Fsp3) is 0.300. The molecule has 0 aliphatic carbocycles. The number of halogens is 1. The molecule has 6 nitrogen and oxygen atoms in total. The zero-order valence-electron chi connectivity index (χ0n) is 15.0. The number of benzene rings is 2. The van der Waals surface area contributed by atoms with E-state index in [1.807, 2.05) is 4.68 Å². The molecular weight excluding hydrogens is 345 g/mol. The Morgan fingerprint density at radius 2 is 2.07 bits per heavy atom. The number of fused-ring (bicyclic) bond motifs is 3. The molecule has 0 saturated carbocycles. The van der Waals surface area contributed by atoms with Gasteiger partial charge in [-0.2, -0.15) is 5.10 Å². The van der Waals surface area contributed by atoms with Crippen molar-refractivity contribution < 1.29 is 9.13 Å². The smallest absolute Gasteiger partial charge is 0.137 e. The first-order valence-corrected chi connectivity index (χ1v) is 8.98. The van der Waals surface area contributed by atoms with E-state index in [1.54, 1.807) is 24.8 Å². The monoisotopic (exact) mass is 365 g/mol. The van der Waals surface area contributed by atoms with Crippen LogP contribution >= 0.6 is 0 Å². The summed E-state index contributed by atoms with van der Waals surface area (Å²) >= 11 is 0. The Balaban J connectivity index is 1.45. The van der Waals surface area contributed by atoms with E-state index in [1.165, 1.54) is 6.07 Å². The highest BCUT2D eigenvalue weighted by molar-refractivity contribution is 6.08. The third kappa shape index (κ3) is 2.84. The standard InChI is InChI=1S/C20H20FN5O/c1-13-4-19-16(15-5-14(21)2-3-17(15)25-19)6-18(13)23-7-20(9-27-10-20)8-26-12-22-11-24-26/h2-6,11-12,23,25H,7-10H2,1H3. The van der Waals surface area contributed by atoms with Crippen LogP contribution in [-0.2, 0) is 11.3 Å². The predicted molar refractivity (Wildman–Crippen MR) is 102 cm³/mol. The fourth-order valence-corrected chi connectivity index (χ4v) is 3.80. The number of aromatic amines is 1. The molecule has 0 unspecified atom stereocenters. The van der Waals surface area contributed by atoms with Crippen molar-refractivity contribution in [3.8, 4) is 0 Å². The van der Waals surface area contributed by atoms with Crippen LogP contribution < -0.4 is 5.32 Å². The van der Waals surface area contributed by atoms with Crippen LogP contribution in [0.25, 0.3) is 21.8 Å². The van der Waals surface area contributed by atoms with Crippen molar-refractivity contribution in [2.75, 3.05) is 25.1 Å². The van der Waals surface area contributed by atoms with Crippen LogP contribution in [0.3, 0.4) is 0 Å². The number of aromatic nitrogens is 4. The summed E-state index contributed by atoms with van der Waals surface area (Å²) in [6, 6.07) is 9.06. The highest BCUT2D eigenvalue weighted by atomic mass is 19.1. The second-order valence-corrected chi connectivity index (χ2v) is 7.47. The summed E-state index contributed by atoms with van der Waals surface area (Å²) in [7, 11) is 0. The molecule has 2 aromatic heterocycles. The number of hydrogen-bond acceptors (Lipinski definition) is 4. The van der Waals surface area contributed by atoms with E-state index in [0.717, 1.165) is 46.1 Å². The minimum absolute atomic E-state index is 0.00141. The largest absolute Gasteiger partial charge is 0.384 e. The Bertz CT molecular complexity index is 1110. The molecule has 3 heterocycles. The maximum atomic E-state index is 13.7. The highest BCUT2D eigenvalue weighted by Crippen LogP contribution is 2.33. The van der Waals surface area contributed by atoms with Crippen molar-refractivity contribution in [3.63, 3.8) is 0 Å². The molecule has 0 radical (unpaired) electrons. The van der Waals surface area contributed by atoms with Crippen molar-refractivity contribution in [2.24, 2.45) is 5.41 Å². The number of hydrogen-bond donors (Lipinski definition) is 2. The number of ether oxygens (including phenoxy) is 1. The first-order chi connectivity index (χ1) is 13.1. The van der Waals surface area contributed by atoms with Crippen LogP contribution in [0.15, 0.2) is 43.0 Å². The average molecular weight is 365 g/mol. The van der Waals surface area contributed by atoms with Gasteiger partial charge < -0.3 is 15.0 Å². The van der Waals surface area contributed by atoms with Gasteiger partial charge in [0.15, 0.2) is 0 Å². The maximum absolute atomic E-state index is 13.7. The molecule has 0 bridgehead atoms. The molecule has 138 valence electrons. The lowest BCUT2D eigenvalue weighted by Crippen LogP contribution is -2.50. The fourth-order valence-electron chi connectivity index (χ4n) is 3.80. The Hall–Kier alpha value is -2.93. The second kappa shape index (κ2) is 6.06. The Morgan fingerprint density at radius 1 is 1.22 bits per heavy atom. The SMILES string of the molecule is Cc1cc2[nH]c3ccc(F)cc3c2cc1NCC1(Cn2cncn2)COC1. The number of nitrogens with one attached hydrogen (secondary N) is 2. The van der Waals surface area contributed by atoms with Gasteiger partial charge in [0.1, 0.15) is 18.5 Å². The van der Waals surface area contributed by atoms with Crippen molar-refractivity contribution in [2.45, 2.75) is 13.5 Å². The van der Waals surface area contributed by atoms with Gasteiger partial charge in [-0.25, -0.2) is 9.37 Å². The lowest BCUT2D eigenvalue weighted by Gasteiger charge is -2.41. The summed E-state index contributed by atoms with van der Waals surface area (Å²) in [5, 5.41) is 9.72. The van der Waals surface area contributed by atoms with E-state index >= 15 is 0 Å². The van der Waals surface area contributed by atoms with Crippen molar-refractivity contribution >= 4 is 27.5 Å². The summed E-state index contributed by atoms with van der Waals surface area (Å²) in [6.45, 7) is 5.00. The van der Waals surface area contributed by atoms with Crippen LogP contribution in [0, 0.1) is 18.2 Å². The quantitative estimate of drug-likeness (QED) is 0.568. The average Bonchev–Trinajstić information content (AvgIpc) is 3.24. The lowest BCUT2D eigenvalue weighted by molar-refractivity contribution is -0.114. The summed E-state index contributed by atoms with van der Waals surface area (Å²) < 4.78 is 21.0. The zero-order valence-corrected chi connectivity index (χ0v) is 15.0. The Morgan fingerprint density at radius 3 is 2.81 bits per heavy atom. The molecule has 1 saturated heterocycles. The van der Waals surface area contributed by atoms with Gasteiger partial charge in [0.2, 0.25) is 0 Å². The molecular formula is C20H20FN5O. The highest BCUT2D eigenvalue weighted by Gasteiger charge is 2.39. The molecule has 4 aromatic rings. The van der Waals surface area contributed by atoms with E-state index < -0.39 is 0 Å². The van der Waals surface area contributed by atoms with E-state index in [9.17, 15) is 4.39 Å². The molecule has 7 heteroatoms. The first-order valence-electron chi connectivity index (χ1n) is 8.98. The molecule has 2 N–H and O–H groups in total. The van der Waals surface area contributed by atoms with Gasteiger partial charge in [-0.05, 0) is 42.8 Å². The Kier molecular flexibility index (Phi) is 3.65. The lowest BCUT2D eigenvalue weighted by atomic mass is 9.85. The number of nitrogens with zero attached hydrogens (tertiary/aromatic N) is 3. The van der Waals surface area contributed by atoms with Gasteiger partial charge >= 0.3 is 0 Å². The van der Waals surface area contributed by atoms with Gasteiger partial charge in [-0.1, -0.05) is 0 Å². The molecule has 1 fully saturated rings.